The fraction of sp³-hybridized carbons (Fsp3) is 0.731. The van der Waals surface area contributed by atoms with Gasteiger partial charge >= 0.3 is 5.97 Å². The number of benzene rings is 1. The Labute approximate surface area is 177 Å². The Morgan fingerprint density at radius 3 is 2.38 bits per heavy atom. The quantitative estimate of drug-likeness (QED) is 0.627. The lowest BCUT2D eigenvalue weighted by Crippen LogP contribution is -2.44. The number of carbonyl (C=O) groups is 1. The van der Waals surface area contributed by atoms with Crippen LogP contribution in [0.2, 0.25) is 0 Å². The van der Waals surface area contributed by atoms with Crippen molar-refractivity contribution in [1.82, 2.24) is 0 Å². The van der Waals surface area contributed by atoms with E-state index < -0.39 is 0 Å². The summed E-state index contributed by atoms with van der Waals surface area (Å²) < 4.78 is 6.22. The average Bonchev–Trinajstić information content (AvgIpc) is 2.85. The third-order valence-electron chi connectivity index (χ3n) is 8.67. The smallest absolute Gasteiger partial charge is 0.306 e. The molecule has 1 N–H and O–H groups in total. The molecule has 0 aromatic heterocycles. The first-order chi connectivity index (χ1) is 13.5. The summed E-state index contributed by atoms with van der Waals surface area (Å²) in [5.74, 6) is 0.804. The molecular formula is C26H40O3. The minimum Gasteiger partial charge on any atom is -0.462 e. The molecule has 2 aliphatic carbocycles. The van der Waals surface area contributed by atoms with Crippen LogP contribution in [0, 0.1) is 22.7 Å². The highest BCUT2D eigenvalue weighted by Crippen LogP contribution is 2.55. The first kappa shape index (κ1) is 22.3. The summed E-state index contributed by atoms with van der Waals surface area (Å²) in [6, 6.07) is 10.6. The van der Waals surface area contributed by atoms with Crippen molar-refractivity contribution in [2.24, 2.45) is 22.7 Å². The lowest BCUT2D eigenvalue weighted by atomic mass is 9.64. The molecule has 0 aliphatic heterocycles. The van der Waals surface area contributed by atoms with Gasteiger partial charge in [0.15, 0.2) is 0 Å². The molecule has 0 saturated heterocycles. The molecule has 3 nitrogen and oxygen atoms in total. The molecule has 0 amide bonds. The van der Waals surface area contributed by atoms with Gasteiger partial charge in [-0.25, -0.2) is 0 Å². The Hall–Kier alpha value is -1.35. The fourth-order valence-electron chi connectivity index (χ4n) is 5.75. The highest BCUT2D eigenvalue weighted by atomic mass is 16.5. The number of esters is 1. The van der Waals surface area contributed by atoms with Gasteiger partial charge in [0.25, 0.3) is 0 Å². The van der Waals surface area contributed by atoms with Crippen LogP contribution in [0.15, 0.2) is 30.3 Å². The highest BCUT2D eigenvalue weighted by molar-refractivity contribution is 5.70. The van der Waals surface area contributed by atoms with Gasteiger partial charge in [0.2, 0.25) is 0 Å². The molecule has 3 rings (SSSR count). The standard InChI is InChI=1S/C26H40O3/c1-18-12-13-20(24(2,3)19-10-8-7-9-11-19)21(16-18)29-23(28)17-26(6)15-14-22(27)25(26,4)5/h7-11,18,20-22,27H,12-17H2,1-6H3/t18-,20-,21-,22-,26?/m0/s1. The van der Waals surface area contributed by atoms with Crippen molar-refractivity contribution in [3.63, 3.8) is 0 Å². The fourth-order valence-corrected chi connectivity index (χ4v) is 5.75. The van der Waals surface area contributed by atoms with Crippen molar-refractivity contribution < 1.29 is 14.6 Å². The molecule has 0 spiro atoms. The van der Waals surface area contributed by atoms with E-state index >= 15 is 0 Å². The molecular weight excluding hydrogens is 360 g/mol. The van der Waals surface area contributed by atoms with E-state index in [0.29, 0.717) is 18.3 Å². The van der Waals surface area contributed by atoms with Crippen LogP contribution < -0.4 is 0 Å². The first-order valence-corrected chi connectivity index (χ1v) is 11.4. The van der Waals surface area contributed by atoms with Gasteiger partial charge < -0.3 is 9.84 Å². The summed E-state index contributed by atoms with van der Waals surface area (Å²) in [4.78, 5) is 13.1. The molecule has 1 aromatic rings. The maximum absolute atomic E-state index is 13.1. The summed E-state index contributed by atoms with van der Waals surface area (Å²) in [5.41, 5.74) is 0.787. The maximum Gasteiger partial charge on any atom is 0.306 e. The number of hydrogen-bond donors (Lipinski definition) is 1. The number of aliphatic hydroxyl groups is 1. The van der Waals surface area contributed by atoms with Crippen LogP contribution in [0.1, 0.15) is 85.6 Å². The predicted octanol–water partition coefficient (Wildman–Crippen LogP) is 5.89. The van der Waals surface area contributed by atoms with Crippen LogP contribution in [-0.4, -0.2) is 23.3 Å². The van der Waals surface area contributed by atoms with Crippen LogP contribution >= 0.6 is 0 Å². The largest absolute Gasteiger partial charge is 0.462 e. The molecule has 29 heavy (non-hydrogen) atoms. The van der Waals surface area contributed by atoms with Crippen molar-refractivity contribution in [3.8, 4) is 0 Å². The topological polar surface area (TPSA) is 46.5 Å². The van der Waals surface area contributed by atoms with Crippen molar-refractivity contribution in [3.05, 3.63) is 35.9 Å². The minimum atomic E-state index is -0.347. The number of hydrogen-bond acceptors (Lipinski definition) is 3. The zero-order chi connectivity index (χ0) is 21.4. The second kappa shape index (κ2) is 8.06. The van der Waals surface area contributed by atoms with Crippen molar-refractivity contribution in [2.75, 3.05) is 0 Å². The first-order valence-electron chi connectivity index (χ1n) is 11.4. The van der Waals surface area contributed by atoms with Crippen molar-refractivity contribution in [1.29, 1.82) is 0 Å². The molecule has 0 radical (unpaired) electrons. The van der Waals surface area contributed by atoms with E-state index in [2.05, 4.69) is 71.9 Å². The lowest BCUT2D eigenvalue weighted by Gasteiger charge is -2.45. The van der Waals surface area contributed by atoms with Gasteiger partial charge in [0.1, 0.15) is 6.10 Å². The van der Waals surface area contributed by atoms with Gasteiger partial charge in [-0.1, -0.05) is 78.3 Å². The van der Waals surface area contributed by atoms with E-state index in [1.165, 1.54) is 12.0 Å². The highest BCUT2D eigenvalue weighted by Gasteiger charge is 2.52. The summed E-state index contributed by atoms with van der Waals surface area (Å²) in [6.07, 6.45) is 4.85. The molecule has 3 heteroatoms. The number of aliphatic hydroxyl groups excluding tert-OH is 1. The van der Waals surface area contributed by atoms with Crippen LogP contribution in [0.3, 0.4) is 0 Å². The minimum absolute atomic E-state index is 0.0421. The molecule has 5 atom stereocenters. The summed E-state index contributed by atoms with van der Waals surface area (Å²) in [6.45, 7) is 13.2. The molecule has 162 valence electrons. The van der Waals surface area contributed by atoms with E-state index in [9.17, 15) is 9.90 Å². The monoisotopic (exact) mass is 400 g/mol. The molecule has 2 aliphatic rings. The van der Waals surface area contributed by atoms with Crippen LogP contribution in [0.25, 0.3) is 0 Å². The van der Waals surface area contributed by atoms with E-state index in [1.54, 1.807) is 0 Å². The summed E-state index contributed by atoms with van der Waals surface area (Å²) in [5, 5.41) is 10.4. The predicted molar refractivity (Wildman–Crippen MR) is 118 cm³/mol. The molecule has 0 heterocycles. The third-order valence-corrected chi connectivity index (χ3v) is 8.67. The molecule has 2 saturated carbocycles. The molecule has 1 unspecified atom stereocenters. The van der Waals surface area contributed by atoms with E-state index in [0.717, 1.165) is 25.7 Å². The van der Waals surface area contributed by atoms with Crippen LogP contribution in [0.4, 0.5) is 0 Å². The van der Waals surface area contributed by atoms with Gasteiger partial charge in [-0.2, -0.15) is 0 Å². The number of carbonyl (C=O) groups excluding carboxylic acids is 1. The molecule has 1 aromatic carbocycles. The van der Waals surface area contributed by atoms with E-state index in [4.69, 9.17) is 4.74 Å². The number of rotatable bonds is 5. The van der Waals surface area contributed by atoms with Crippen LogP contribution in [0.5, 0.6) is 0 Å². The Balaban J connectivity index is 1.75. The Morgan fingerprint density at radius 2 is 1.79 bits per heavy atom. The lowest BCUT2D eigenvalue weighted by molar-refractivity contribution is -0.161. The second-order valence-corrected chi connectivity index (χ2v) is 11.2. The Morgan fingerprint density at radius 1 is 1.14 bits per heavy atom. The second-order valence-electron chi connectivity index (χ2n) is 11.2. The van der Waals surface area contributed by atoms with Crippen molar-refractivity contribution in [2.45, 2.75) is 97.7 Å². The Kier molecular flexibility index (Phi) is 6.21. The summed E-state index contributed by atoms with van der Waals surface area (Å²) in [7, 11) is 0. The van der Waals surface area contributed by atoms with Crippen LogP contribution in [-0.2, 0) is 14.9 Å². The molecule has 0 bridgehead atoms. The third kappa shape index (κ3) is 4.26. The zero-order valence-electron chi connectivity index (χ0n) is 19.2. The normalized spacial score (nSPS) is 34.7. The SMILES string of the molecule is C[C@H]1CC[C@H](C(C)(C)c2ccccc2)[C@@H](OC(=O)CC2(C)CC[C@H](O)C2(C)C)C1. The zero-order valence-corrected chi connectivity index (χ0v) is 19.2. The maximum atomic E-state index is 13.1. The van der Waals surface area contributed by atoms with E-state index in [1.807, 2.05) is 0 Å². The average molecular weight is 401 g/mol. The van der Waals surface area contributed by atoms with Gasteiger partial charge in [-0.3, -0.25) is 4.79 Å². The molecule has 2 fully saturated rings. The Bertz CT molecular complexity index is 708. The van der Waals surface area contributed by atoms with Gasteiger partial charge in [-0.15, -0.1) is 0 Å². The summed E-state index contributed by atoms with van der Waals surface area (Å²) >= 11 is 0. The van der Waals surface area contributed by atoms with Gasteiger partial charge in [0.05, 0.1) is 12.5 Å². The van der Waals surface area contributed by atoms with E-state index in [-0.39, 0.29) is 34.4 Å². The van der Waals surface area contributed by atoms with Gasteiger partial charge in [0, 0.05) is 5.92 Å². The van der Waals surface area contributed by atoms with Crippen molar-refractivity contribution >= 4 is 5.97 Å². The van der Waals surface area contributed by atoms with Gasteiger partial charge in [-0.05, 0) is 53.4 Å². The number of ether oxygens (including phenoxy) is 1.